The predicted molar refractivity (Wildman–Crippen MR) is 61.6 cm³/mol. The topological polar surface area (TPSA) is 50.4 Å². The molecular weight excluding hydrogens is 190 g/mol. The first kappa shape index (κ1) is 11.9. The highest BCUT2D eigenvalue weighted by atomic mass is 16.3. The van der Waals surface area contributed by atoms with Gasteiger partial charge in [0, 0.05) is 23.5 Å². The molecule has 84 valence electrons. The summed E-state index contributed by atoms with van der Waals surface area (Å²) in [5, 5.41) is 13.1. The summed E-state index contributed by atoms with van der Waals surface area (Å²) in [4.78, 5) is 4.13. The van der Waals surface area contributed by atoms with Gasteiger partial charge in [-0.25, -0.2) is 0 Å². The van der Waals surface area contributed by atoms with Gasteiger partial charge >= 0.3 is 0 Å². The van der Waals surface area contributed by atoms with Crippen LogP contribution in [0.1, 0.15) is 36.8 Å². The van der Waals surface area contributed by atoms with Gasteiger partial charge in [0.1, 0.15) is 0 Å². The molecule has 0 atom stereocenters. The molecule has 0 saturated heterocycles. The third-order valence-corrected chi connectivity index (χ3v) is 2.32. The maximum atomic E-state index is 8.64. The third-order valence-electron chi connectivity index (χ3n) is 2.32. The van der Waals surface area contributed by atoms with Crippen molar-refractivity contribution in [2.75, 3.05) is 13.2 Å². The zero-order valence-corrected chi connectivity index (χ0v) is 9.86. The van der Waals surface area contributed by atoms with Crippen molar-refractivity contribution in [2.45, 2.75) is 33.7 Å². The molecule has 0 bridgehead atoms. The second kappa shape index (κ2) is 5.07. The Balaban J connectivity index is 2.98. The summed E-state index contributed by atoms with van der Waals surface area (Å²) in [5.41, 5.74) is 3.18. The third kappa shape index (κ3) is 2.65. The lowest BCUT2D eigenvalue weighted by Crippen LogP contribution is -2.05. The van der Waals surface area contributed by atoms with E-state index in [1.54, 1.807) is 6.21 Å². The summed E-state index contributed by atoms with van der Waals surface area (Å²) >= 11 is 0. The molecule has 0 aliphatic heterocycles. The number of aromatic nitrogens is 2. The summed E-state index contributed by atoms with van der Waals surface area (Å²) < 4.78 is 2.00. The molecule has 0 spiro atoms. The Morgan fingerprint density at radius 3 is 2.60 bits per heavy atom. The average Bonchev–Trinajstić information content (AvgIpc) is 2.45. The molecule has 4 heteroatoms. The molecule has 0 amide bonds. The minimum Gasteiger partial charge on any atom is -0.394 e. The van der Waals surface area contributed by atoms with E-state index < -0.39 is 0 Å². The first-order valence-electron chi connectivity index (χ1n) is 5.24. The number of aliphatic hydroxyl groups is 1. The van der Waals surface area contributed by atoms with E-state index in [4.69, 9.17) is 5.11 Å². The molecule has 0 unspecified atom stereocenters. The number of aliphatic hydroxyl groups excluding tert-OH is 1. The monoisotopic (exact) mass is 209 g/mol. The average molecular weight is 209 g/mol. The van der Waals surface area contributed by atoms with Crippen molar-refractivity contribution < 1.29 is 5.11 Å². The predicted octanol–water partition coefficient (Wildman–Crippen LogP) is 1.49. The molecule has 0 saturated carbocycles. The number of hydrogen-bond donors (Lipinski definition) is 1. The van der Waals surface area contributed by atoms with Crippen LogP contribution in [0.15, 0.2) is 4.99 Å². The van der Waals surface area contributed by atoms with Crippen LogP contribution in [0, 0.1) is 13.8 Å². The summed E-state index contributed by atoms with van der Waals surface area (Å²) in [6, 6.07) is 0.365. The molecule has 0 aliphatic carbocycles. The fourth-order valence-electron chi connectivity index (χ4n) is 1.58. The highest BCUT2D eigenvalue weighted by Gasteiger charge is 2.10. The van der Waals surface area contributed by atoms with E-state index in [-0.39, 0.29) is 6.61 Å². The Bertz CT molecular complexity index is 353. The molecule has 4 nitrogen and oxygen atoms in total. The standard InChI is InChI=1S/C11H19N3O/c1-8(2)14-10(4)11(9(3)13-14)7-12-5-6-15/h7-8,15H,5-6H2,1-4H3. The first-order chi connectivity index (χ1) is 7.07. The van der Waals surface area contributed by atoms with Gasteiger partial charge in [-0.1, -0.05) is 0 Å². The van der Waals surface area contributed by atoms with Crippen molar-refractivity contribution in [3.8, 4) is 0 Å². The van der Waals surface area contributed by atoms with Crippen molar-refractivity contribution in [2.24, 2.45) is 4.99 Å². The smallest absolute Gasteiger partial charge is 0.0684 e. The Kier molecular flexibility index (Phi) is 4.03. The number of hydrogen-bond acceptors (Lipinski definition) is 3. The Hall–Kier alpha value is -1.16. The van der Waals surface area contributed by atoms with E-state index in [0.29, 0.717) is 12.6 Å². The number of aryl methyl sites for hydroxylation is 1. The second-order valence-electron chi connectivity index (χ2n) is 3.88. The van der Waals surface area contributed by atoms with Crippen LogP contribution >= 0.6 is 0 Å². The molecule has 0 aromatic carbocycles. The fraction of sp³-hybridized carbons (Fsp3) is 0.636. The van der Waals surface area contributed by atoms with Crippen LogP contribution in [0.5, 0.6) is 0 Å². The summed E-state index contributed by atoms with van der Waals surface area (Å²) in [7, 11) is 0. The summed E-state index contributed by atoms with van der Waals surface area (Å²) in [5.74, 6) is 0. The molecule has 1 rings (SSSR count). The van der Waals surface area contributed by atoms with Crippen LogP contribution in [0.25, 0.3) is 0 Å². The number of nitrogens with zero attached hydrogens (tertiary/aromatic N) is 3. The van der Waals surface area contributed by atoms with Gasteiger partial charge in [-0.2, -0.15) is 5.10 Å². The largest absolute Gasteiger partial charge is 0.394 e. The summed E-state index contributed by atoms with van der Waals surface area (Å²) in [6.07, 6.45) is 1.80. The van der Waals surface area contributed by atoms with E-state index in [9.17, 15) is 0 Å². The second-order valence-corrected chi connectivity index (χ2v) is 3.88. The van der Waals surface area contributed by atoms with Crippen molar-refractivity contribution in [3.05, 3.63) is 17.0 Å². The van der Waals surface area contributed by atoms with E-state index >= 15 is 0 Å². The number of rotatable bonds is 4. The molecular formula is C11H19N3O. The molecule has 1 aromatic heterocycles. The maximum absolute atomic E-state index is 8.64. The van der Waals surface area contributed by atoms with Crippen LogP contribution in [0.4, 0.5) is 0 Å². The van der Waals surface area contributed by atoms with Crippen molar-refractivity contribution in [3.63, 3.8) is 0 Å². The van der Waals surface area contributed by atoms with Gasteiger partial charge in [0.05, 0.1) is 18.8 Å². The van der Waals surface area contributed by atoms with Crippen molar-refractivity contribution in [1.82, 2.24) is 9.78 Å². The van der Waals surface area contributed by atoms with E-state index in [1.165, 1.54) is 0 Å². The van der Waals surface area contributed by atoms with Gasteiger partial charge in [-0.15, -0.1) is 0 Å². The Morgan fingerprint density at radius 1 is 1.47 bits per heavy atom. The normalized spacial score (nSPS) is 11.9. The fourth-order valence-corrected chi connectivity index (χ4v) is 1.58. The van der Waals surface area contributed by atoms with E-state index in [2.05, 4.69) is 23.9 Å². The molecule has 0 aliphatic rings. The highest BCUT2D eigenvalue weighted by Crippen LogP contribution is 2.15. The van der Waals surface area contributed by atoms with Gasteiger partial charge in [-0.3, -0.25) is 9.67 Å². The van der Waals surface area contributed by atoms with Crippen LogP contribution in [-0.4, -0.2) is 34.3 Å². The van der Waals surface area contributed by atoms with Crippen LogP contribution in [0.3, 0.4) is 0 Å². The Morgan fingerprint density at radius 2 is 2.13 bits per heavy atom. The SMILES string of the molecule is Cc1nn(C(C)C)c(C)c1C=NCCO. The lowest BCUT2D eigenvalue weighted by atomic mass is 10.2. The lowest BCUT2D eigenvalue weighted by molar-refractivity contribution is 0.307. The summed E-state index contributed by atoms with van der Waals surface area (Å²) in [6.45, 7) is 8.77. The van der Waals surface area contributed by atoms with Crippen molar-refractivity contribution >= 4 is 6.21 Å². The highest BCUT2D eigenvalue weighted by molar-refractivity contribution is 5.82. The van der Waals surface area contributed by atoms with E-state index in [0.717, 1.165) is 17.0 Å². The zero-order chi connectivity index (χ0) is 11.4. The minimum atomic E-state index is 0.0902. The first-order valence-corrected chi connectivity index (χ1v) is 5.24. The molecule has 15 heavy (non-hydrogen) atoms. The van der Waals surface area contributed by atoms with Gasteiger partial charge < -0.3 is 5.11 Å². The molecule has 0 fully saturated rings. The Labute approximate surface area is 90.6 Å². The maximum Gasteiger partial charge on any atom is 0.0684 e. The minimum absolute atomic E-state index is 0.0902. The van der Waals surface area contributed by atoms with Gasteiger partial charge in [0.25, 0.3) is 0 Å². The zero-order valence-electron chi connectivity index (χ0n) is 9.86. The number of aliphatic imine (C=N–C) groups is 1. The van der Waals surface area contributed by atoms with Crippen LogP contribution in [0.2, 0.25) is 0 Å². The van der Waals surface area contributed by atoms with E-state index in [1.807, 2.05) is 18.5 Å². The molecule has 0 radical (unpaired) electrons. The van der Waals surface area contributed by atoms with Gasteiger partial charge in [0.15, 0.2) is 0 Å². The lowest BCUT2D eigenvalue weighted by Gasteiger charge is -2.07. The molecule has 1 heterocycles. The van der Waals surface area contributed by atoms with Gasteiger partial charge in [0.2, 0.25) is 0 Å². The van der Waals surface area contributed by atoms with Gasteiger partial charge in [-0.05, 0) is 27.7 Å². The molecule has 1 aromatic rings. The molecule has 1 N–H and O–H groups in total. The quantitative estimate of drug-likeness (QED) is 0.764. The van der Waals surface area contributed by atoms with Crippen LogP contribution in [-0.2, 0) is 0 Å². The van der Waals surface area contributed by atoms with Crippen LogP contribution < -0.4 is 0 Å². The van der Waals surface area contributed by atoms with Crippen molar-refractivity contribution in [1.29, 1.82) is 0 Å².